The molecule has 0 aromatic heterocycles. The Morgan fingerprint density at radius 1 is 1.26 bits per heavy atom. The van der Waals surface area contributed by atoms with Crippen LogP contribution in [-0.4, -0.2) is 42.0 Å². The van der Waals surface area contributed by atoms with Gasteiger partial charge in [-0.1, -0.05) is 0 Å². The first-order chi connectivity index (χ1) is 10.4. The Bertz CT molecular complexity index is 561. The molecule has 11 heteroatoms. The van der Waals surface area contributed by atoms with Crippen molar-refractivity contribution in [1.29, 1.82) is 0 Å². The number of nitrogens with one attached hydrogen (secondary N) is 1. The average Bonchev–Trinajstić information content (AvgIpc) is 2.41. The highest BCUT2D eigenvalue weighted by Crippen LogP contribution is 2.31. The molecule has 0 bridgehead atoms. The number of benzene rings is 1. The van der Waals surface area contributed by atoms with E-state index in [1.165, 1.54) is 0 Å². The Hall–Kier alpha value is -1.68. The maximum atomic E-state index is 12.5. The summed E-state index contributed by atoms with van der Waals surface area (Å²) in [5.74, 6) is -3.56. The van der Waals surface area contributed by atoms with Crippen LogP contribution in [0, 0.1) is 0 Å². The topological polar surface area (TPSA) is 58.6 Å². The largest absolute Gasteiger partial charge is 0.573 e. The van der Waals surface area contributed by atoms with Crippen molar-refractivity contribution >= 4 is 23.1 Å². The van der Waals surface area contributed by atoms with Gasteiger partial charge >= 0.3 is 12.5 Å². The molecule has 0 fully saturated rings. The van der Waals surface area contributed by atoms with Gasteiger partial charge in [-0.05, 0) is 18.2 Å². The highest BCUT2D eigenvalue weighted by Gasteiger charge is 2.41. The number of hydrogen-bond acceptors (Lipinski definition) is 4. The van der Waals surface area contributed by atoms with Gasteiger partial charge in [0, 0.05) is 12.2 Å². The van der Waals surface area contributed by atoms with Crippen LogP contribution in [0.15, 0.2) is 18.2 Å². The van der Waals surface area contributed by atoms with Crippen LogP contribution in [0.25, 0.3) is 0 Å². The normalized spacial score (nSPS) is 13.6. The van der Waals surface area contributed by atoms with Crippen LogP contribution in [0.1, 0.15) is 10.4 Å². The van der Waals surface area contributed by atoms with Crippen molar-refractivity contribution in [2.24, 2.45) is 0 Å². The fourth-order valence-corrected chi connectivity index (χ4v) is 1.61. The number of Topliss-reactive ketones (excluding diaryl/α,β-unsaturated/α-hetero) is 1. The van der Waals surface area contributed by atoms with Crippen molar-refractivity contribution in [1.82, 2.24) is 0 Å². The van der Waals surface area contributed by atoms with Gasteiger partial charge in [0.2, 0.25) is 0 Å². The highest BCUT2D eigenvalue weighted by atomic mass is 35.5. The number of carbonyl (C=O) groups excluding carboxylic acids is 1. The lowest BCUT2D eigenvalue weighted by Crippen LogP contribution is -2.26. The van der Waals surface area contributed by atoms with E-state index in [9.17, 15) is 36.2 Å². The monoisotopic (exact) mass is 365 g/mol. The smallest absolute Gasteiger partial charge is 0.406 e. The van der Waals surface area contributed by atoms with Crippen molar-refractivity contribution in [2.45, 2.75) is 18.6 Å². The SMILES string of the molecule is O=C(c1cc(OC(F)(F)F)ccc1NCC(O)CCl)C(F)(F)F. The van der Waals surface area contributed by atoms with Gasteiger partial charge in [-0.3, -0.25) is 4.79 Å². The summed E-state index contributed by atoms with van der Waals surface area (Å²) in [5, 5.41) is 11.6. The maximum Gasteiger partial charge on any atom is 0.573 e. The molecule has 2 N–H and O–H groups in total. The summed E-state index contributed by atoms with van der Waals surface area (Å²) in [4.78, 5) is 11.3. The van der Waals surface area contributed by atoms with E-state index in [-0.39, 0.29) is 12.4 Å². The van der Waals surface area contributed by atoms with Gasteiger partial charge in [0.25, 0.3) is 5.78 Å². The molecule has 130 valence electrons. The van der Waals surface area contributed by atoms with Gasteiger partial charge in [0.15, 0.2) is 0 Å². The van der Waals surface area contributed by atoms with E-state index in [1.807, 2.05) is 0 Å². The molecule has 1 rings (SSSR count). The standard InChI is InChI=1S/C12H10ClF6NO3/c13-4-6(21)5-20-9-2-1-7(23-12(17,18)19)3-8(9)10(22)11(14,15)16/h1-3,6,20-21H,4-5H2. The number of anilines is 1. The quantitative estimate of drug-likeness (QED) is 0.461. The number of rotatable bonds is 6. The maximum absolute atomic E-state index is 12.5. The van der Waals surface area contributed by atoms with Gasteiger partial charge in [-0.2, -0.15) is 13.2 Å². The number of aliphatic hydroxyl groups excluding tert-OH is 1. The molecule has 0 aliphatic rings. The van der Waals surface area contributed by atoms with E-state index in [2.05, 4.69) is 10.1 Å². The molecule has 1 aromatic rings. The van der Waals surface area contributed by atoms with Gasteiger partial charge in [0.05, 0.1) is 17.5 Å². The van der Waals surface area contributed by atoms with Crippen LogP contribution in [0.2, 0.25) is 0 Å². The second-order valence-electron chi connectivity index (χ2n) is 4.27. The minimum Gasteiger partial charge on any atom is -0.406 e. The van der Waals surface area contributed by atoms with E-state index in [0.717, 1.165) is 12.1 Å². The van der Waals surface area contributed by atoms with E-state index < -0.39 is 41.4 Å². The highest BCUT2D eigenvalue weighted by molar-refractivity contribution is 6.18. The molecule has 0 radical (unpaired) electrons. The minimum absolute atomic E-state index is 0.231. The Kier molecular flexibility index (Phi) is 6.11. The molecule has 1 atom stereocenters. The molecular weight excluding hydrogens is 356 g/mol. The summed E-state index contributed by atoms with van der Waals surface area (Å²) in [6, 6.07) is 1.86. The second kappa shape index (κ2) is 7.26. The molecule has 0 saturated heterocycles. The lowest BCUT2D eigenvalue weighted by atomic mass is 10.1. The number of ketones is 1. The van der Waals surface area contributed by atoms with Crippen LogP contribution in [0.3, 0.4) is 0 Å². The first-order valence-corrected chi connectivity index (χ1v) is 6.46. The Labute approximate surface area is 131 Å². The van der Waals surface area contributed by atoms with Gasteiger partial charge in [0.1, 0.15) is 5.75 Å². The first-order valence-electron chi connectivity index (χ1n) is 5.93. The van der Waals surface area contributed by atoms with Crippen LogP contribution in [-0.2, 0) is 0 Å². The van der Waals surface area contributed by atoms with Crippen LogP contribution in [0.4, 0.5) is 32.0 Å². The average molecular weight is 366 g/mol. The number of aliphatic hydroxyl groups is 1. The Balaban J connectivity index is 3.16. The zero-order valence-corrected chi connectivity index (χ0v) is 11.9. The molecule has 0 aliphatic carbocycles. The minimum atomic E-state index is -5.29. The third kappa shape index (κ3) is 6.14. The molecule has 0 saturated carbocycles. The number of ether oxygens (including phenoxy) is 1. The van der Waals surface area contributed by atoms with Crippen molar-refractivity contribution in [3.05, 3.63) is 23.8 Å². The van der Waals surface area contributed by atoms with Crippen molar-refractivity contribution in [2.75, 3.05) is 17.7 Å². The molecule has 0 heterocycles. The predicted molar refractivity (Wildman–Crippen MR) is 68.7 cm³/mol. The number of carbonyl (C=O) groups is 1. The molecule has 4 nitrogen and oxygen atoms in total. The molecule has 0 aliphatic heterocycles. The summed E-state index contributed by atoms with van der Waals surface area (Å²) >= 11 is 5.31. The summed E-state index contributed by atoms with van der Waals surface area (Å²) in [6.45, 7) is -0.304. The van der Waals surface area contributed by atoms with Gasteiger partial charge in [-0.15, -0.1) is 24.8 Å². The van der Waals surface area contributed by atoms with Crippen LogP contribution in [0.5, 0.6) is 5.75 Å². The van der Waals surface area contributed by atoms with Crippen molar-refractivity contribution in [3.63, 3.8) is 0 Å². The molecule has 1 aromatic carbocycles. The van der Waals surface area contributed by atoms with Crippen LogP contribution >= 0.6 is 11.6 Å². The fraction of sp³-hybridized carbons (Fsp3) is 0.417. The van der Waals surface area contributed by atoms with E-state index in [1.54, 1.807) is 0 Å². The lowest BCUT2D eigenvalue weighted by Gasteiger charge is -2.16. The summed E-state index contributed by atoms with van der Waals surface area (Å²) in [7, 11) is 0. The summed E-state index contributed by atoms with van der Waals surface area (Å²) in [6.07, 6.45) is -11.5. The van der Waals surface area contributed by atoms with E-state index in [4.69, 9.17) is 11.6 Å². The molecular formula is C12H10ClF6NO3. The number of alkyl halides is 7. The zero-order valence-electron chi connectivity index (χ0n) is 11.1. The molecule has 0 spiro atoms. The van der Waals surface area contributed by atoms with Gasteiger partial charge < -0.3 is 15.2 Å². The Morgan fingerprint density at radius 3 is 2.35 bits per heavy atom. The predicted octanol–water partition coefficient (Wildman–Crippen LogP) is 3.34. The molecule has 1 unspecified atom stereocenters. The van der Waals surface area contributed by atoms with E-state index >= 15 is 0 Å². The molecule has 0 amide bonds. The number of halogens is 7. The molecule has 23 heavy (non-hydrogen) atoms. The van der Waals surface area contributed by atoms with Crippen molar-refractivity contribution < 1.29 is 41.0 Å². The zero-order chi connectivity index (χ0) is 17.8. The van der Waals surface area contributed by atoms with E-state index in [0.29, 0.717) is 6.07 Å². The van der Waals surface area contributed by atoms with Crippen LogP contribution < -0.4 is 10.1 Å². The number of hydrogen-bond donors (Lipinski definition) is 2. The fourth-order valence-electron chi connectivity index (χ4n) is 1.50. The first kappa shape index (κ1) is 19.4. The third-order valence-electron chi connectivity index (χ3n) is 2.43. The van der Waals surface area contributed by atoms with Gasteiger partial charge in [-0.25, -0.2) is 0 Å². The second-order valence-corrected chi connectivity index (χ2v) is 4.58. The van der Waals surface area contributed by atoms with Crippen molar-refractivity contribution in [3.8, 4) is 5.75 Å². The summed E-state index contributed by atoms with van der Waals surface area (Å²) < 4.78 is 77.5. The Morgan fingerprint density at radius 2 is 1.87 bits per heavy atom. The summed E-state index contributed by atoms with van der Waals surface area (Å²) in [5.41, 5.74) is -1.48. The lowest BCUT2D eigenvalue weighted by molar-refractivity contribution is -0.274. The third-order valence-corrected chi connectivity index (χ3v) is 2.79.